The summed E-state index contributed by atoms with van der Waals surface area (Å²) in [5.74, 6) is 0.274. The fraction of sp³-hybridized carbons (Fsp3) is 0.933. The second-order valence-corrected chi connectivity index (χ2v) is 5.77. The molecule has 1 aliphatic rings. The molecule has 2 N–H and O–H groups in total. The summed E-state index contributed by atoms with van der Waals surface area (Å²) in [7, 11) is 0. The molecular weight excluding hydrogens is 238 g/mol. The number of hydrogen-bond donors (Lipinski definition) is 1. The van der Waals surface area contributed by atoms with Gasteiger partial charge in [0, 0.05) is 25.2 Å². The predicted octanol–water partition coefficient (Wildman–Crippen LogP) is 1.84. The summed E-state index contributed by atoms with van der Waals surface area (Å²) < 4.78 is 0. The van der Waals surface area contributed by atoms with Gasteiger partial charge in [-0.05, 0) is 39.2 Å². The Hall–Kier alpha value is -0.610. The second-order valence-electron chi connectivity index (χ2n) is 5.77. The minimum absolute atomic E-state index is 0.152. The van der Waals surface area contributed by atoms with Crippen molar-refractivity contribution in [2.45, 2.75) is 65.0 Å². The van der Waals surface area contributed by atoms with Gasteiger partial charge in [-0.1, -0.05) is 20.3 Å². The molecule has 1 aliphatic heterocycles. The lowest BCUT2D eigenvalue weighted by Crippen LogP contribution is -2.52. The largest absolute Gasteiger partial charge is 0.342 e. The smallest absolute Gasteiger partial charge is 0.236 e. The molecule has 0 aromatic heterocycles. The van der Waals surface area contributed by atoms with E-state index in [-0.39, 0.29) is 11.9 Å². The highest BCUT2D eigenvalue weighted by Gasteiger charge is 2.27. The third-order valence-electron chi connectivity index (χ3n) is 3.95. The summed E-state index contributed by atoms with van der Waals surface area (Å²) in [5, 5.41) is 0. The van der Waals surface area contributed by atoms with Gasteiger partial charge < -0.3 is 10.6 Å². The fourth-order valence-corrected chi connectivity index (χ4v) is 2.98. The van der Waals surface area contributed by atoms with Crippen molar-refractivity contribution in [1.29, 1.82) is 0 Å². The van der Waals surface area contributed by atoms with Crippen molar-refractivity contribution in [2.75, 3.05) is 26.2 Å². The van der Waals surface area contributed by atoms with Crippen molar-refractivity contribution < 1.29 is 4.79 Å². The first-order valence-corrected chi connectivity index (χ1v) is 7.87. The van der Waals surface area contributed by atoms with E-state index in [2.05, 4.69) is 25.7 Å². The number of amides is 1. The van der Waals surface area contributed by atoms with E-state index >= 15 is 0 Å². The van der Waals surface area contributed by atoms with Gasteiger partial charge in [-0.2, -0.15) is 0 Å². The Bertz CT molecular complexity index is 262. The summed E-state index contributed by atoms with van der Waals surface area (Å²) in [5.41, 5.74) is 6.06. The van der Waals surface area contributed by atoms with Crippen LogP contribution >= 0.6 is 0 Å². The first-order valence-electron chi connectivity index (χ1n) is 7.87. The molecule has 1 fully saturated rings. The average molecular weight is 269 g/mol. The van der Waals surface area contributed by atoms with Gasteiger partial charge in [-0.15, -0.1) is 0 Å². The van der Waals surface area contributed by atoms with Gasteiger partial charge in [-0.25, -0.2) is 0 Å². The monoisotopic (exact) mass is 269 g/mol. The van der Waals surface area contributed by atoms with Crippen LogP contribution in [0.25, 0.3) is 0 Å². The molecule has 0 spiro atoms. The fourth-order valence-electron chi connectivity index (χ4n) is 2.98. The zero-order valence-electron chi connectivity index (χ0n) is 12.9. The van der Waals surface area contributed by atoms with E-state index in [1.807, 2.05) is 4.90 Å². The molecule has 1 heterocycles. The molecule has 0 bridgehead atoms. The maximum absolute atomic E-state index is 12.4. The normalized spacial score (nSPS) is 22.2. The van der Waals surface area contributed by atoms with Gasteiger partial charge in [0.2, 0.25) is 5.91 Å². The van der Waals surface area contributed by atoms with E-state index in [9.17, 15) is 4.79 Å². The molecule has 1 saturated heterocycles. The Morgan fingerprint density at radius 2 is 1.95 bits per heavy atom. The van der Waals surface area contributed by atoms with Crippen LogP contribution in [0.1, 0.15) is 52.9 Å². The lowest BCUT2D eigenvalue weighted by molar-refractivity contribution is -0.133. The Morgan fingerprint density at radius 3 is 2.47 bits per heavy atom. The molecule has 112 valence electrons. The van der Waals surface area contributed by atoms with Crippen molar-refractivity contribution in [2.24, 2.45) is 5.73 Å². The molecule has 2 unspecified atom stereocenters. The van der Waals surface area contributed by atoms with Crippen molar-refractivity contribution in [3.05, 3.63) is 0 Å². The van der Waals surface area contributed by atoms with Crippen molar-refractivity contribution in [3.8, 4) is 0 Å². The molecule has 0 aromatic rings. The van der Waals surface area contributed by atoms with Crippen LogP contribution < -0.4 is 5.73 Å². The molecule has 19 heavy (non-hydrogen) atoms. The van der Waals surface area contributed by atoms with E-state index < -0.39 is 0 Å². The van der Waals surface area contributed by atoms with Crippen LogP contribution in [-0.2, 0) is 4.79 Å². The number of rotatable bonds is 7. The summed E-state index contributed by atoms with van der Waals surface area (Å²) in [4.78, 5) is 16.7. The van der Waals surface area contributed by atoms with Gasteiger partial charge >= 0.3 is 0 Å². The van der Waals surface area contributed by atoms with Gasteiger partial charge in [-0.3, -0.25) is 9.69 Å². The standard InChI is InChI=1S/C15H31N3O/c1-4-9-17(10-5-2)15(19)12-18-11-7-6-8-14(18)13(3)16/h13-14H,4-12,16H2,1-3H3. The van der Waals surface area contributed by atoms with E-state index in [1.54, 1.807) is 0 Å². The van der Waals surface area contributed by atoms with Crippen LogP contribution in [0.15, 0.2) is 0 Å². The Balaban J connectivity index is 2.56. The highest BCUT2D eigenvalue weighted by molar-refractivity contribution is 5.78. The Morgan fingerprint density at radius 1 is 1.32 bits per heavy atom. The van der Waals surface area contributed by atoms with Crippen LogP contribution in [0.4, 0.5) is 0 Å². The summed E-state index contributed by atoms with van der Waals surface area (Å²) in [6.07, 6.45) is 5.63. The number of carbonyl (C=O) groups excluding carboxylic acids is 1. The zero-order valence-corrected chi connectivity index (χ0v) is 12.9. The van der Waals surface area contributed by atoms with Gasteiger partial charge in [0.1, 0.15) is 0 Å². The van der Waals surface area contributed by atoms with Gasteiger partial charge in [0.05, 0.1) is 6.54 Å². The third-order valence-corrected chi connectivity index (χ3v) is 3.95. The molecule has 0 aromatic carbocycles. The van der Waals surface area contributed by atoms with Crippen molar-refractivity contribution >= 4 is 5.91 Å². The lowest BCUT2D eigenvalue weighted by atomic mass is 9.97. The van der Waals surface area contributed by atoms with E-state index in [4.69, 9.17) is 5.73 Å². The summed E-state index contributed by atoms with van der Waals surface area (Å²) in [6.45, 7) is 9.63. The minimum atomic E-state index is 0.152. The minimum Gasteiger partial charge on any atom is -0.342 e. The van der Waals surface area contributed by atoms with Crippen molar-refractivity contribution in [3.63, 3.8) is 0 Å². The molecule has 1 amide bonds. The van der Waals surface area contributed by atoms with Crippen molar-refractivity contribution in [1.82, 2.24) is 9.80 Å². The maximum atomic E-state index is 12.4. The number of carbonyl (C=O) groups is 1. The molecule has 1 rings (SSSR count). The first-order chi connectivity index (χ1) is 9.10. The van der Waals surface area contributed by atoms with Crippen LogP contribution in [-0.4, -0.2) is 54.0 Å². The van der Waals surface area contributed by atoms with E-state index in [0.717, 1.165) is 38.9 Å². The molecular formula is C15H31N3O. The number of piperidine rings is 1. The molecule has 4 nitrogen and oxygen atoms in total. The van der Waals surface area contributed by atoms with Crippen LogP contribution in [0, 0.1) is 0 Å². The molecule has 0 aliphatic carbocycles. The molecule has 2 atom stereocenters. The summed E-state index contributed by atoms with van der Waals surface area (Å²) in [6, 6.07) is 0.529. The maximum Gasteiger partial charge on any atom is 0.236 e. The zero-order chi connectivity index (χ0) is 14.3. The molecule has 0 radical (unpaired) electrons. The SMILES string of the molecule is CCCN(CCC)C(=O)CN1CCCCC1C(C)N. The predicted molar refractivity (Wildman–Crippen MR) is 80.0 cm³/mol. The highest BCUT2D eigenvalue weighted by Crippen LogP contribution is 2.19. The lowest BCUT2D eigenvalue weighted by Gasteiger charge is -2.38. The Kier molecular flexibility index (Phi) is 7.39. The number of nitrogens with zero attached hydrogens (tertiary/aromatic N) is 2. The highest BCUT2D eigenvalue weighted by atomic mass is 16.2. The van der Waals surface area contributed by atoms with Crippen LogP contribution in [0.5, 0.6) is 0 Å². The van der Waals surface area contributed by atoms with Crippen LogP contribution in [0.2, 0.25) is 0 Å². The van der Waals surface area contributed by atoms with Gasteiger partial charge in [0.25, 0.3) is 0 Å². The second kappa shape index (κ2) is 8.54. The first kappa shape index (κ1) is 16.4. The van der Waals surface area contributed by atoms with E-state index in [0.29, 0.717) is 12.6 Å². The topological polar surface area (TPSA) is 49.6 Å². The summed E-state index contributed by atoms with van der Waals surface area (Å²) >= 11 is 0. The number of nitrogens with two attached hydrogens (primary N) is 1. The number of likely N-dealkylation sites (tertiary alicyclic amines) is 1. The van der Waals surface area contributed by atoms with Gasteiger partial charge in [0.15, 0.2) is 0 Å². The Labute approximate surface area is 118 Å². The molecule has 0 saturated carbocycles. The van der Waals surface area contributed by atoms with E-state index in [1.165, 1.54) is 12.8 Å². The molecule has 4 heteroatoms. The van der Waals surface area contributed by atoms with Crippen LogP contribution in [0.3, 0.4) is 0 Å². The quantitative estimate of drug-likeness (QED) is 0.767. The average Bonchev–Trinajstić information content (AvgIpc) is 2.38. The third kappa shape index (κ3) is 5.11. The number of hydrogen-bond acceptors (Lipinski definition) is 3.